The molecule has 0 heterocycles. The molecule has 3 fully saturated rings. The number of methoxy groups -OCH3 is 1. The number of fused-ring (bicyclic) bond motifs is 7. The first kappa shape index (κ1) is 28.6. The van der Waals surface area contributed by atoms with Crippen molar-refractivity contribution in [3.8, 4) is 0 Å². The van der Waals surface area contributed by atoms with Gasteiger partial charge in [0.15, 0.2) is 11.6 Å². The number of ether oxygens (including phenoxy) is 1. The lowest BCUT2D eigenvalue weighted by Gasteiger charge is -2.69. The van der Waals surface area contributed by atoms with Gasteiger partial charge >= 0.3 is 12.1 Å². The molecule has 216 valence electrons. The molecule has 5 aliphatic rings. The number of hydrogen-bond acceptors (Lipinski definition) is 4. The number of allylic oxidation sites excluding steroid dienone is 4. The Morgan fingerprint density at radius 2 is 1.56 bits per heavy atom. The van der Waals surface area contributed by atoms with Crippen molar-refractivity contribution in [2.45, 2.75) is 99.6 Å². The standard InChI is InChI=1S/C32H43F3O4/c1-26(2)22-9-10-31(7)23(29(22,5)17-20(24(26)37)32(33,34)35)21(36)15-18-19-16-28(4,25(38)39-8)12-11-27(19,3)13-14-30(18,31)6/h15,17,19,22-23H,9-14,16H2,1-8H3/t19-,22+,23-,27-,28+,29?,30-,31?/m1/s1. The maximum atomic E-state index is 14.3. The fourth-order valence-electron chi connectivity index (χ4n) is 10.3. The molecule has 0 aliphatic heterocycles. The van der Waals surface area contributed by atoms with E-state index in [1.807, 2.05) is 6.92 Å². The fraction of sp³-hybridized carbons (Fsp3) is 0.781. The Morgan fingerprint density at radius 3 is 2.15 bits per heavy atom. The number of hydrogen-bond donors (Lipinski definition) is 0. The summed E-state index contributed by atoms with van der Waals surface area (Å²) < 4.78 is 47.8. The van der Waals surface area contributed by atoms with Crippen LogP contribution < -0.4 is 0 Å². The first-order chi connectivity index (χ1) is 17.7. The minimum atomic E-state index is -4.77. The van der Waals surface area contributed by atoms with Crippen LogP contribution in [0.4, 0.5) is 13.2 Å². The number of halogens is 3. The van der Waals surface area contributed by atoms with E-state index in [4.69, 9.17) is 4.74 Å². The second kappa shape index (κ2) is 8.09. The van der Waals surface area contributed by atoms with Gasteiger partial charge in [-0.15, -0.1) is 0 Å². The van der Waals surface area contributed by atoms with Crippen LogP contribution in [0.3, 0.4) is 0 Å². The molecule has 5 aliphatic carbocycles. The molecule has 0 amide bonds. The van der Waals surface area contributed by atoms with Gasteiger partial charge < -0.3 is 4.74 Å². The SMILES string of the molecule is COC(=O)[C@@]1(C)CC[C@]2(C)CC[C@]3(C)C(=CC(=O)[C@@H]4C5(C)C=C(C(F)(F)F)C(=O)C(C)(C)[C@@H]5CCC43C)[C@H]2C1. The zero-order valence-electron chi connectivity index (χ0n) is 24.6. The molecule has 4 nitrogen and oxygen atoms in total. The lowest BCUT2D eigenvalue weighted by Crippen LogP contribution is -2.66. The lowest BCUT2D eigenvalue weighted by molar-refractivity contribution is -0.177. The average Bonchev–Trinajstić information content (AvgIpc) is 2.82. The highest BCUT2D eigenvalue weighted by Gasteiger charge is 2.71. The molecule has 0 aromatic heterocycles. The van der Waals surface area contributed by atoms with Crippen LogP contribution in [-0.4, -0.2) is 30.8 Å². The van der Waals surface area contributed by atoms with Crippen LogP contribution >= 0.6 is 0 Å². The quantitative estimate of drug-likeness (QED) is 0.320. The Balaban J connectivity index is 1.68. The molecule has 0 aromatic rings. The van der Waals surface area contributed by atoms with Gasteiger partial charge in [-0.25, -0.2) is 0 Å². The molecule has 0 bridgehead atoms. The predicted molar refractivity (Wildman–Crippen MR) is 141 cm³/mol. The van der Waals surface area contributed by atoms with Crippen molar-refractivity contribution >= 4 is 17.5 Å². The smallest absolute Gasteiger partial charge is 0.419 e. The van der Waals surface area contributed by atoms with Crippen molar-refractivity contribution in [2.24, 2.45) is 50.2 Å². The van der Waals surface area contributed by atoms with Crippen molar-refractivity contribution < 1.29 is 32.3 Å². The molecule has 2 unspecified atom stereocenters. The van der Waals surface area contributed by atoms with E-state index in [0.29, 0.717) is 19.3 Å². The summed E-state index contributed by atoms with van der Waals surface area (Å²) in [5, 5.41) is 0. The van der Waals surface area contributed by atoms with Crippen molar-refractivity contribution in [1.29, 1.82) is 0 Å². The summed E-state index contributed by atoms with van der Waals surface area (Å²) in [6.45, 7) is 13.6. The van der Waals surface area contributed by atoms with E-state index in [1.165, 1.54) is 7.11 Å². The molecule has 0 saturated heterocycles. The molecule has 0 aromatic carbocycles. The van der Waals surface area contributed by atoms with Gasteiger partial charge in [-0.3, -0.25) is 14.4 Å². The van der Waals surface area contributed by atoms with Gasteiger partial charge in [0.05, 0.1) is 18.1 Å². The van der Waals surface area contributed by atoms with Crippen molar-refractivity contribution in [1.82, 2.24) is 0 Å². The molecular weight excluding hydrogens is 505 g/mol. The van der Waals surface area contributed by atoms with Crippen molar-refractivity contribution in [3.63, 3.8) is 0 Å². The number of esters is 1. The van der Waals surface area contributed by atoms with Crippen molar-refractivity contribution in [2.75, 3.05) is 7.11 Å². The molecule has 39 heavy (non-hydrogen) atoms. The van der Waals surface area contributed by atoms with Crippen LogP contribution in [0, 0.1) is 50.2 Å². The van der Waals surface area contributed by atoms with E-state index in [1.54, 1.807) is 26.8 Å². The summed E-state index contributed by atoms with van der Waals surface area (Å²) in [4.78, 5) is 40.2. The number of carbonyl (C=O) groups is 3. The number of Topliss-reactive ketones (excluding diaryl/α,β-unsaturated/α-hetero) is 1. The second-order valence-electron chi connectivity index (χ2n) is 15.2. The number of rotatable bonds is 1. The van der Waals surface area contributed by atoms with Gasteiger partial charge in [0.1, 0.15) is 0 Å². The highest BCUT2D eigenvalue weighted by Crippen LogP contribution is 2.74. The summed E-state index contributed by atoms with van der Waals surface area (Å²) >= 11 is 0. The van der Waals surface area contributed by atoms with E-state index < -0.39 is 50.5 Å². The third kappa shape index (κ3) is 3.52. The summed E-state index contributed by atoms with van der Waals surface area (Å²) in [5.41, 5.74) is -4.04. The Kier molecular flexibility index (Phi) is 5.93. The zero-order valence-corrected chi connectivity index (χ0v) is 24.6. The third-order valence-corrected chi connectivity index (χ3v) is 12.9. The Hall–Kier alpha value is -1.92. The molecule has 8 atom stereocenters. The molecular formula is C32H43F3O4. The van der Waals surface area contributed by atoms with Crippen LogP contribution in [0.2, 0.25) is 0 Å². The molecule has 0 radical (unpaired) electrons. The van der Waals surface area contributed by atoms with Crippen LogP contribution in [0.15, 0.2) is 23.3 Å². The van der Waals surface area contributed by atoms with Crippen LogP contribution in [-0.2, 0) is 19.1 Å². The van der Waals surface area contributed by atoms with E-state index in [2.05, 4.69) is 20.8 Å². The minimum Gasteiger partial charge on any atom is -0.469 e. The monoisotopic (exact) mass is 548 g/mol. The van der Waals surface area contributed by atoms with E-state index in [-0.39, 0.29) is 29.0 Å². The highest BCUT2D eigenvalue weighted by molar-refractivity contribution is 6.03. The van der Waals surface area contributed by atoms with Crippen LogP contribution in [0.5, 0.6) is 0 Å². The highest BCUT2D eigenvalue weighted by atomic mass is 19.4. The van der Waals surface area contributed by atoms with Gasteiger partial charge in [0, 0.05) is 16.7 Å². The first-order valence-corrected chi connectivity index (χ1v) is 14.4. The number of alkyl halides is 3. The summed E-state index contributed by atoms with van der Waals surface area (Å²) in [6.07, 6.45) is 3.36. The molecule has 3 saturated carbocycles. The lowest BCUT2D eigenvalue weighted by atomic mass is 9.34. The maximum Gasteiger partial charge on any atom is 0.419 e. The van der Waals surface area contributed by atoms with E-state index >= 15 is 0 Å². The summed E-state index contributed by atoms with van der Waals surface area (Å²) in [5.74, 6) is -2.24. The fourth-order valence-corrected chi connectivity index (χ4v) is 10.3. The van der Waals surface area contributed by atoms with Gasteiger partial charge in [0.2, 0.25) is 0 Å². The predicted octanol–water partition coefficient (Wildman–Crippen LogP) is 7.42. The van der Waals surface area contributed by atoms with Crippen LogP contribution in [0.25, 0.3) is 0 Å². The normalized spacial score (nSPS) is 47.1. The van der Waals surface area contributed by atoms with Gasteiger partial charge in [-0.1, -0.05) is 53.2 Å². The average molecular weight is 549 g/mol. The van der Waals surface area contributed by atoms with Gasteiger partial charge in [0.25, 0.3) is 0 Å². The van der Waals surface area contributed by atoms with E-state index in [0.717, 1.165) is 37.3 Å². The largest absolute Gasteiger partial charge is 0.469 e. The first-order valence-electron chi connectivity index (χ1n) is 14.4. The minimum absolute atomic E-state index is 0.0204. The topological polar surface area (TPSA) is 60.4 Å². The van der Waals surface area contributed by atoms with Gasteiger partial charge in [-0.2, -0.15) is 13.2 Å². The molecule has 0 N–H and O–H groups in total. The number of carbonyl (C=O) groups excluding carboxylic acids is 3. The van der Waals surface area contributed by atoms with E-state index in [9.17, 15) is 27.6 Å². The Labute approximate surface area is 230 Å². The maximum absolute atomic E-state index is 14.3. The molecule has 0 spiro atoms. The Bertz CT molecular complexity index is 1210. The zero-order chi connectivity index (χ0) is 29.2. The number of ketones is 2. The molecule has 5 rings (SSSR count). The third-order valence-electron chi connectivity index (χ3n) is 12.9. The van der Waals surface area contributed by atoms with Gasteiger partial charge in [-0.05, 0) is 86.0 Å². The van der Waals surface area contributed by atoms with Crippen LogP contribution in [0.1, 0.15) is 93.4 Å². The van der Waals surface area contributed by atoms with Crippen molar-refractivity contribution in [3.05, 3.63) is 23.3 Å². The summed E-state index contributed by atoms with van der Waals surface area (Å²) in [6, 6.07) is 0. The Morgan fingerprint density at radius 1 is 0.949 bits per heavy atom. The summed E-state index contributed by atoms with van der Waals surface area (Å²) in [7, 11) is 1.42. The molecule has 7 heteroatoms. The second-order valence-corrected chi connectivity index (χ2v) is 15.2.